The highest BCUT2D eigenvalue weighted by Crippen LogP contribution is 2.21. The summed E-state index contributed by atoms with van der Waals surface area (Å²) in [7, 11) is 0. The second-order valence-corrected chi connectivity index (χ2v) is 4.88. The molecular formula is C15H14FN3OS. The van der Waals surface area contributed by atoms with E-state index < -0.39 is 5.82 Å². The van der Waals surface area contributed by atoms with Crippen LogP contribution in [0.4, 0.5) is 21.5 Å². The normalized spacial score (nSPS) is 10.0. The molecule has 0 spiro atoms. The van der Waals surface area contributed by atoms with Crippen LogP contribution in [-0.2, 0) is 4.79 Å². The third-order valence-corrected chi connectivity index (χ3v) is 2.95. The first-order valence-corrected chi connectivity index (χ1v) is 6.60. The van der Waals surface area contributed by atoms with Gasteiger partial charge in [-0.3, -0.25) is 4.79 Å². The molecule has 0 unspecified atom stereocenters. The quantitative estimate of drug-likeness (QED) is 0.759. The van der Waals surface area contributed by atoms with E-state index in [1.54, 1.807) is 30.3 Å². The number of rotatable bonds is 4. The number of thiocarbonyl (C=S) groups is 1. The molecule has 108 valence electrons. The molecule has 2 aromatic rings. The van der Waals surface area contributed by atoms with Crippen LogP contribution >= 0.6 is 12.2 Å². The van der Waals surface area contributed by atoms with Crippen LogP contribution in [0.2, 0.25) is 0 Å². The molecule has 6 heteroatoms. The van der Waals surface area contributed by atoms with Crippen LogP contribution in [0.3, 0.4) is 0 Å². The number of nitrogens with one attached hydrogen (secondary N) is 2. The number of anilines is 3. The minimum absolute atomic E-state index is 0.0266. The summed E-state index contributed by atoms with van der Waals surface area (Å²) in [5.74, 6) is -0.603. The minimum Gasteiger partial charge on any atom is -0.389 e. The van der Waals surface area contributed by atoms with Crippen LogP contribution in [0.5, 0.6) is 0 Å². The highest BCUT2D eigenvalue weighted by Gasteiger charge is 2.06. The predicted molar refractivity (Wildman–Crippen MR) is 86.3 cm³/mol. The Bertz CT molecular complexity index is 686. The lowest BCUT2D eigenvalue weighted by Crippen LogP contribution is -2.11. The topological polar surface area (TPSA) is 67.2 Å². The van der Waals surface area contributed by atoms with Crippen LogP contribution in [-0.4, -0.2) is 10.9 Å². The van der Waals surface area contributed by atoms with E-state index in [1.165, 1.54) is 19.1 Å². The standard InChI is InChI=1S/C15H14FN3OS/c1-9(20)18-10-2-4-11(5-3-10)19-12-6-7-13(15(17)21)14(16)8-12/h2-8,19H,1H3,(H2,17,21)(H,18,20). The van der Waals surface area contributed by atoms with E-state index in [4.69, 9.17) is 18.0 Å². The van der Waals surface area contributed by atoms with Crippen molar-refractivity contribution in [3.63, 3.8) is 0 Å². The Morgan fingerprint density at radius 1 is 1.10 bits per heavy atom. The summed E-state index contributed by atoms with van der Waals surface area (Å²) in [5, 5.41) is 5.72. The van der Waals surface area contributed by atoms with Crippen molar-refractivity contribution in [3.8, 4) is 0 Å². The Balaban J connectivity index is 2.13. The minimum atomic E-state index is -0.470. The summed E-state index contributed by atoms with van der Waals surface area (Å²) >= 11 is 4.75. The summed E-state index contributed by atoms with van der Waals surface area (Å²) in [6.45, 7) is 1.44. The summed E-state index contributed by atoms with van der Waals surface area (Å²) in [5.41, 5.74) is 7.68. The van der Waals surface area contributed by atoms with Gasteiger partial charge < -0.3 is 16.4 Å². The van der Waals surface area contributed by atoms with Gasteiger partial charge in [-0.05, 0) is 42.5 Å². The first-order valence-electron chi connectivity index (χ1n) is 6.20. The van der Waals surface area contributed by atoms with Crippen LogP contribution in [0.25, 0.3) is 0 Å². The van der Waals surface area contributed by atoms with Gasteiger partial charge in [-0.25, -0.2) is 4.39 Å². The average Bonchev–Trinajstić information content (AvgIpc) is 2.40. The molecule has 1 amide bonds. The fourth-order valence-electron chi connectivity index (χ4n) is 1.80. The maximum atomic E-state index is 13.8. The monoisotopic (exact) mass is 303 g/mol. The van der Waals surface area contributed by atoms with E-state index in [-0.39, 0.29) is 16.5 Å². The van der Waals surface area contributed by atoms with Gasteiger partial charge in [-0.1, -0.05) is 12.2 Å². The zero-order valence-electron chi connectivity index (χ0n) is 11.3. The van der Waals surface area contributed by atoms with Gasteiger partial charge in [0.1, 0.15) is 10.8 Å². The molecule has 0 aliphatic rings. The van der Waals surface area contributed by atoms with E-state index in [0.717, 1.165) is 5.69 Å². The first-order chi connectivity index (χ1) is 9.95. The van der Waals surface area contributed by atoms with Crippen molar-refractivity contribution in [1.82, 2.24) is 0 Å². The van der Waals surface area contributed by atoms with Crippen molar-refractivity contribution in [2.45, 2.75) is 6.92 Å². The molecule has 0 radical (unpaired) electrons. The summed E-state index contributed by atoms with van der Waals surface area (Å²) in [6.07, 6.45) is 0. The van der Waals surface area contributed by atoms with Gasteiger partial charge in [0.15, 0.2) is 0 Å². The van der Waals surface area contributed by atoms with Gasteiger partial charge in [0.25, 0.3) is 0 Å². The lowest BCUT2D eigenvalue weighted by Gasteiger charge is -2.09. The van der Waals surface area contributed by atoms with E-state index in [0.29, 0.717) is 11.4 Å². The Morgan fingerprint density at radius 2 is 1.67 bits per heavy atom. The molecule has 0 saturated carbocycles. The molecule has 4 nitrogen and oxygen atoms in total. The van der Waals surface area contributed by atoms with Crippen LogP contribution in [0.15, 0.2) is 42.5 Å². The van der Waals surface area contributed by atoms with Crippen molar-refractivity contribution in [1.29, 1.82) is 0 Å². The van der Waals surface area contributed by atoms with Crippen molar-refractivity contribution < 1.29 is 9.18 Å². The average molecular weight is 303 g/mol. The number of halogens is 1. The largest absolute Gasteiger partial charge is 0.389 e. The Morgan fingerprint density at radius 3 is 2.19 bits per heavy atom. The van der Waals surface area contributed by atoms with Crippen molar-refractivity contribution in [2.75, 3.05) is 10.6 Å². The number of nitrogens with two attached hydrogens (primary N) is 1. The molecule has 2 aromatic carbocycles. The number of benzene rings is 2. The second-order valence-electron chi connectivity index (χ2n) is 4.44. The van der Waals surface area contributed by atoms with Crippen LogP contribution < -0.4 is 16.4 Å². The zero-order chi connectivity index (χ0) is 15.4. The van der Waals surface area contributed by atoms with Gasteiger partial charge in [-0.15, -0.1) is 0 Å². The molecule has 0 aliphatic carbocycles. The van der Waals surface area contributed by atoms with Gasteiger partial charge in [0, 0.05) is 29.5 Å². The molecule has 21 heavy (non-hydrogen) atoms. The highest BCUT2D eigenvalue weighted by molar-refractivity contribution is 7.80. The first kappa shape index (κ1) is 14.9. The van der Waals surface area contributed by atoms with Crippen molar-refractivity contribution in [2.24, 2.45) is 5.73 Å². The summed E-state index contributed by atoms with van der Waals surface area (Å²) in [6, 6.07) is 11.6. The molecule has 0 bridgehead atoms. The Hall–Kier alpha value is -2.47. The fraction of sp³-hybridized carbons (Fsp3) is 0.0667. The van der Waals surface area contributed by atoms with Crippen molar-refractivity contribution in [3.05, 3.63) is 53.8 Å². The Labute approximate surface area is 127 Å². The fourth-order valence-corrected chi connectivity index (χ4v) is 1.97. The molecule has 0 aromatic heterocycles. The number of carbonyl (C=O) groups excluding carboxylic acids is 1. The van der Waals surface area contributed by atoms with E-state index in [1.807, 2.05) is 0 Å². The molecule has 0 atom stereocenters. The van der Waals surface area contributed by atoms with Gasteiger partial charge in [0.2, 0.25) is 5.91 Å². The summed E-state index contributed by atoms with van der Waals surface area (Å²) < 4.78 is 13.8. The zero-order valence-corrected chi connectivity index (χ0v) is 12.1. The molecule has 0 heterocycles. The Kier molecular flexibility index (Phi) is 4.49. The maximum Gasteiger partial charge on any atom is 0.221 e. The number of carbonyl (C=O) groups is 1. The smallest absolute Gasteiger partial charge is 0.221 e. The van der Waals surface area contributed by atoms with Crippen LogP contribution in [0.1, 0.15) is 12.5 Å². The number of amides is 1. The molecule has 0 fully saturated rings. The molecule has 2 rings (SSSR count). The lowest BCUT2D eigenvalue weighted by molar-refractivity contribution is -0.114. The van der Waals surface area contributed by atoms with Gasteiger partial charge in [-0.2, -0.15) is 0 Å². The predicted octanol–water partition coefficient (Wildman–Crippen LogP) is 3.16. The molecule has 4 N–H and O–H groups in total. The highest BCUT2D eigenvalue weighted by atomic mass is 32.1. The second kappa shape index (κ2) is 6.32. The summed E-state index contributed by atoms with van der Waals surface area (Å²) in [4.78, 5) is 11.0. The molecule has 0 aliphatic heterocycles. The van der Waals surface area contributed by atoms with E-state index in [2.05, 4.69) is 10.6 Å². The SMILES string of the molecule is CC(=O)Nc1ccc(Nc2ccc(C(N)=S)c(F)c2)cc1. The van der Waals surface area contributed by atoms with E-state index in [9.17, 15) is 9.18 Å². The third kappa shape index (κ3) is 4.00. The van der Waals surface area contributed by atoms with Gasteiger partial charge >= 0.3 is 0 Å². The maximum absolute atomic E-state index is 13.8. The van der Waals surface area contributed by atoms with E-state index >= 15 is 0 Å². The third-order valence-electron chi connectivity index (χ3n) is 2.73. The molecule has 0 saturated heterocycles. The van der Waals surface area contributed by atoms with Crippen molar-refractivity contribution >= 4 is 40.2 Å². The lowest BCUT2D eigenvalue weighted by atomic mass is 10.2. The molecular weight excluding hydrogens is 289 g/mol. The number of hydrogen-bond acceptors (Lipinski definition) is 3. The van der Waals surface area contributed by atoms with Crippen LogP contribution in [0, 0.1) is 5.82 Å². The van der Waals surface area contributed by atoms with Gasteiger partial charge in [0.05, 0.1) is 0 Å². The number of hydrogen-bond donors (Lipinski definition) is 3.